The molecule has 4 unspecified atom stereocenters. The molecule has 264 valence electrons. The lowest BCUT2D eigenvalue weighted by Gasteiger charge is -2.30. The molecular formula is C33H32Br2N4O11. The standard InChI is InChI=1S/C17H17BrN2O5.C16H15BrN2O6/c1-3-23-16(21)11(8-19)13-10-7-9(18)5-6-12(10)25-15(20)14(13)17(22)24-4-2;1-22-10-5-7(17)4-8-11(9(6-18)15(20)23-2)12(16(21)24-3)14(19)25-13(8)10/h5-7,11,13H,3-4,20H2,1-2H3;4-5,9,11H,19H2,1-3H3. The van der Waals surface area contributed by atoms with Crippen molar-refractivity contribution in [1.29, 1.82) is 10.5 Å². The predicted molar refractivity (Wildman–Crippen MR) is 180 cm³/mol. The minimum Gasteiger partial charge on any atom is -0.493 e. The number of nitrogens with zero attached hydrogens (tertiary/aromatic N) is 2. The average Bonchev–Trinajstić information content (AvgIpc) is 3.09. The molecule has 2 aliphatic heterocycles. The second-order valence-electron chi connectivity index (χ2n) is 10.1. The minimum atomic E-state index is -1.33. The molecule has 2 aliphatic rings. The first-order valence-corrected chi connectivity index (χ1v) is 16.2. The molecule has 0 amide bonds. The van der Waals surface area contributed by atoms with Gasteiger partial charge >= 0.3 is 23.9 Å². The number of rotatable bonds is 9. The van der Waals surface area contributed by atoms with Crippen molar-refractivity contribution >= 4 is 55.7 Å². The maximum absolute atomic E-state index is 12.4. The van der Waals surface area contributed by atoms with Gasteiger partial charge in [-0.3, -0.25) is 9.59 Å². The van der Waals surface area contributed by atoms with Gasteiger partial charge in [-0.1, -0.05) is 31.9 Å². The Morgan fingerprint density at radius 3 is 1.90 bits per heavy atom. The fourth-order valence-electron chi connectivity index (χ4n) is 5.24. The smallest absolute Gasteiger partial charge is 0.340 e. The average molecular weight is 820 g/mol. The largest absolute Gasteiger partial charge is 0.493 e. The summed E-state index contributed by atoms with van der Waals surface area (Å²) in [6.07, 6.45) is 0. The highest BCUT2D eigenvalue weighted by Gasteiger charge is 2.45. The summed E-state index contributed by atoms with van der Waals surface area (Å²) in [7, 11) is 3.74. The van der Waals surface area contributed by atoms with Gasteiger partial charge in [-0.25, -0.2) is 9.59 Å². The number of halogens is 2. The summed E-state index contributed by atoms with van der Waals surface area (Å²) in [5.41, 5.74) is 12.4. The van der Waals surface area contributed by atoms with Crippen molar-refractivity contribution in [3.63, 3.8) is 0 Å². The van der Waals surface area contributed by atoms with E-state index in [0.717, 1.165) is 14.2 Å². The number of hydrogen-bond donors (Lipinski definition) is 2. The Balaban J connectivity index is 0.000000270. The molecule has 0 radical (unpaired) electrons. The molecule has 4 rings (SSSR count). The predicted octanol–water partition coefficient (Wildman–Crippen LogP) is 3.95. The number of hydrogen-bond acceptors (Lipinski definition) is 15. The van der Waals surface area contributed by atoms with Crippen LogP contribution in [0.25, 0.3) is 0 Å². The van der Waals surface area contributed by atoms with Crippen LogP contribution < -0.4 is 25.7 Å². The molecule has 0 aliphatic carbocycles. The van der Waals surface area contributed by atoms with Crippen LogP contribution in [0.15, 0.2) is 62.2 Å². The van der Waals surface area contributed by atoms with Gasteiger partial charge in [0.25, 0.3) is 0 Å². The van der Waals surface area contributed by atoms with E-state index in [2.05, 4.69) is 31.9 Å². The molecule has 4 N–H and O–H groups in total. The molecule has 0 spiro atoms. The van der Waals surface area contributed by atoms with Crippen LogP contribution in [-0.2, 0) is 38.1 Å². The molecule has 2 heterocycles. The lowest BCUT2D eigenvalue weighted by molar-refractivity contribution is -0.147. The van der Waals surface area contributed by atoms with Crippen LogP contribution in [0.1, 0.15) is 36.8 Å². The molecule has 15 nitrogen and oxygen atoms in total. The van der Waals surface area contributed by atoms with Crippen molar-refractivity contribution in [2.24, 2.45) is 23.3 Å². The summed E-state index contributed by atoms with van der Waals surface area (Å²) in [6, 6.07) is 12.1. The van der Waals surface area contributed by atoms with Crippen LogP contribution in [0.3, 0.4) is 0 Å². The third kappa shape index (κ3) is 8.12. The van der Waals surface area contributed by atoms with Gasteiger partial charge < -0.3 is 44.6 Å². The first-order valence-electron chi connectivity index (χ1n) is 14.6. The first-order chi connectivity index (χ1) is 23.8. The van der Waals surface area contributed by atoms with Crippen molar-refractivity contribution in [1.82, 2.24) is 0 Å². The Hall–Kier alpha value is -5.26. The Kier molecular flexibility index (Phi) is 13.6. The van der Waals surface area contributed by atoms with E-state index in [1.807, 2.05) is 12.1 Å². The van der Waals surface area contributed by atoms with Gasteiger partial charge in [-0.05, 0) is 44.2 Å². The van der Waals surface area contributed by atoms with Crippen LogP contribution in [0, 0.1) is 34.5 Å². The summed E-state index contributed by atoms with van der Waals surface area (Å²) in [5.74, 6) is -7.26. The van der Waals surface area contributed by atoms with Crippen LogP contribution >= 0.6 is 31.9 Å². The van der Waals surface area contributed by atoms with Gasteiger partial charge in [-0.2, -0.15) is 10.5 Å². The van der Waals surface area contributed by atoms with E-state index in [0.29, 0.717) is 31.6 Å². The molecular weight excluding hydrogens is 788 g/mol. The van der Waals surface area contributed by atoms with E-state index < -0.39 is 47.5 Å². The highest BCUT2D eigenvalue weighted by atomic mass is 79.9. The number of benzene rings is 2. The second kappa shape index (κ2) is 17.4. The van der Waals surface area contributed by atoms with E-state index >= 15 is 0 Å². The number of methoxy groups -OCH3 is 3. The van der Waals surface area contributed by atoms with E-state index in [4.69, 9.17) is 44.6 Å². The van der Waals surface area contributed by atoms with Crippen molar-refractivity contribution in [3.05, 3.63) is 73.3 Å². The Labute approximate surface area is 303 Å². The Bertz CT molecular complexity index is 1830. The number of nitrogens with two attached hydrogens (primary N) is 2. The van der Waals surface area contributed by atoms with Crippen LogP contribution in [0.2, 0.25) is 0 Å². The summed E-state index contributed by atoms with van der Waals surface area (Å²) in [5, 5.41) is 19.1. The highest BCUT2D eigenvalue weighted by Crippen LogP contribution is 2.49. The molecule has 0 bridgehead atoms. The fourth-order valence-corrected chi connectivity index (χ4v) is 6.08. The molecule has 50 heavy (non-hydrogen) atoms. The lowest BCUT2D eigenvalue weighted by Crippen LogP contribution is -2.33. The zero-order valence-corrected chi connectivity index (χ0v) is 30.6. The molecule has 0 saturated carbocycles. The molecule has 4 atom stereocenters. The Morgan fingerprint density at radius 1 is 0.780 bits per heavy atom. The van der Waals surface area contributed by atoms with Crippen LogP contribution in [-0.4, -0.2) is 58.4 Å². The second-order valence-corrected chi connectivity index (χ2v) is 12.0. The normalized spacial score (nSPS) is 16.9. The molecule has 0 aromatic heterocycles. The number of carbonyl (C=O) groups is 4. The van der Waals surface area contributed by atoms with Gasteiger partial charge in [0.2, 0.25) is 11.8 Å². The molecule has 0 fully saturated rings. The summed E-state index contributed by atoms with van der Waals surface area (Å²) < 4.78 is 37.1. The maximum atomic E-state index is 12.4. The minimum absolute atomic E-state index is 0.0629. The quantitative estimate of drug-likeness (QED) is 0.269. The maximum Gasteiger partial charge on any atom is 0.340 e. The fraction of sp³-hybridized carbons (Fsp3) is 0.333. The summed E-state index contributed by atoms with van der Waals surface area (Å²) in [4.78, 5) is 49.0. The van der Waals surface area contributed by atoms with E-state index in [9.17, 15) is 29.7 Å². The van der Waals surface area contributed by atoms with Crippen molar-refractivity contribution in [3.8, 4) is 29.4 Å². The van der Waals surface area contributed by atoms with E-state index in [1.165, 1.54) is 7.11 Å². The van der Waals surface area contributed by atoms with Crippen LogP contribution in [0.4, 0.5) is 0 Å². The number of nitriles is 2. The van der Waals surface area contributed by atoms with Gasteiger partial charge in [0.15, 0.2) is 23.3 Å². The van der Waals surface area contributed by atoms with E-state index in [1.54, 1.807) is 44.2 Å². The van der Waals surface area contributed by atoms with Gasteiger partial charge in [-0.15, -0.1) is 0 Å². The zero-order chi connectivity index (χ0) is 37.3. The third-order valence-electron chi connectivity index (χ3n) is 7.34. The number of carbonyl (C=O) groups excluding carboxylic acids is 4. The van der Waals surface area contributed by atoms with Crippen molar-refractivity contribution in [2.75, 3.05) is 34.5 Å². The number of ether oxygens (including phenoxy) is 7. The monoisotopic (exact) mass is 818 g/mol. The summed E-state index contributed by atoms with van der Waals surface area (Å²) >= 11 is 6.67. The molecule has 2 aromatic rings. The topological polar surface area (TPSA) is 233 Å². The lowest BCUT2D eigenvalue weighted by atomic mass is 9.79. The zero-order valence-electron chi connectivity index (χ0n) is 27.4. The van der Waals surface area contributed by atoms with Crippen LogP contribution in [0.5, 0.6) is 17.2 Å². The summed E-state index contributed by atoms with van der Waals surface area (Å²) in [6.45, 7) is 3.51. The Morgan fingerprint density at radius 2 is 1.34 bits per heavy atom. The molecule has 0 saturated heterocycles. The number of fused-ring (bicyclic) bond motifs is 2. The van der Waals surface area contributed by atoms with Crippen molar-refractivity contribution in [2.45, 2.75) is 25.7 Å². The van der Waals surface area contributed by atoms with Gasteiger partial charge in [0, 0.05) is 20.1 Å². The van der Waals surface area contributed by atoms with E-state index in [-0.39, 0.29) is 41.9 Å². The SMILES string of the molecule is CCOC(=O)C1=C(N)Oc2ccc(Br)cc2C1C(C#N)C(=O)OCC.COC(=O)C1=C(N)Oc2c(OC)cc(Br)cc2C1C(C#N)C(=O)OC. The number of esters is 4. The molecule has 17 heteroatoms. The van der Waals surface area contributed by atoms with Gasteiger partial charge in [0.1, 0.15) is 16.9 Å². The van der Waals surface area contributed by atoms with Crippen molar-refractivity contribution < 1.29 is 52.3 Å². The highest BCUT2D eigenvalue weighted by molar-refractivity contribution is 9.10. The van der Waals surface area contributed by atoms with Gasteiger partial charge in [0.05, 0.1) is 58.5 Å². The third-order valence-corrected chi connectivity index (χ3v) is 8.29. The first kappa shape index (κ1) is 39.2. The molecule has 2 aromatic carbocycles.